The van der Waals surface area contributed by atoms with Gasteiger partial charge in [-0.3, -0.25) is 0 Å². The lowest BCUT2D eigenvalue weighted by Crippen LogP contribution is -2.41. The summed E-state index contributed by atoms with van der Waals surface area (Å²) in [7, 11) is 0. The van der Waals surface area contributed by atoms with Gasteiger partial charge in [0.2, 0.25) is 0 Å². The molecule has 0 fully saturated rings. The third-order valence-corrected chi connectivity index (χ3v) is 2.99. The summed E-state index contributed by atoms with van der Waals surface area (Å²) in [5.41, 5.74) is 0.370. The van der Waals surface area contributed by atoms with Crippen LogP contribution >= 0.6 is 11.6 Å². The number of aliphatic hydroxyl groups is 1. The van der Waals surface area contributed by atoms with E-state index < -0.39 is 5.97 Å². The third kappa shape index (κ3) is 4.11. The minimum absolute atomic E-state index is 0.0271. The van der Waals surface area contributed by atoms with Gasteiger partial charge in [0.05, 0.1) is 17.2 Å². The molecule has 0 aliphatic rings. The third-order valence-electron chi connectivity index (χ3n) is 2.68. The highest BCUT2D eigenvalue weighted by molar-refractivity contribution is 6.33. The fourth-order valence-corrected chi connectivity index (χ4v) is 1.92. The Balaban J connectivity index is 2.85. The smallest absolute Gasteiger partial charge is 0.337 e. The van der Waals surface area contributed by atoms with Crippen LogP contribution in [0, 0.1) is 0 Å². The number of nitrogens with one attached hydrogen (secondary N) is 1. The van der Waals surface area contributed by atoms with E-state index in [1.54, 1.807) is 0 Å². The SMILES string of the molecule is CC(C)N(CCO)C(=O)Nc1ccc(C(=O)O)c(Cl)c1. The number of amides is 2. The van der Waals surface area contributed by atoms with E-state index in [0.29, 0.717) is 5.69 Å². The second-order valence-corrected chi connectivity index (χ2v) is 4.85. The van der Waals surface area contributed by atoms with Crippen LogP contribution < -0.4 is 5.32 Å². The van der Waals surface area contributed by atoms with E-state index in [-0.39, 0.29) is 35.8 Å². The standard InChI is InChI=1S/C13H17ClN2O4/c1-8(2)16(5-6-17)13(20)15-9-3-4-10(12(18)19)11(14)7-9/h3-4,7-8,17H,5-6H2,1-2H3,(H,15,20)(H,18,19). The van der Waals surface area contributed by atoms with E-state index in [9.17, 15) is 9.59 Å². The number of carboxylic acids is 1. The first kappa shape index (κ1) is 16.3. The topological polar surface area (TPSA) is 89.9 Å². The summed E-state index contributed by atoms with van der Waals surface area (Å²) in [5, 5.41) is 20.5. The van der Waals surface area contributed by atoms with Crippen LogP contribution in [0.25, 0.3) is 0 Å². The summed E-state index contributed by atoms with van der Waals surface area (Å²) in [6.07, 6.45) is 0. The maximum atomic E-state index is 12.0. The van der Waals surface area contributed by atoms with Crippen molar-refractivity contribution in [2.24, 2.45) is 0 Å². The Morgan fingerprint density at radius 3 is 2.50 bits per heavy atom. The van der Waals surface area contributed by atoms with Crippen molar-refractivity contribution in [2.75, 3.05) is 18.5 Å². The van der Waals surface area contributed by atoms with Crippen molar-refractivity contribution in [3.63, 3.8) is 0 Å². The molecule has 0 bridgehead atoms. The maximum Gasteiger partial charge on any atom is 0.337 e. The summed E-state index contributed by atoms with van der Waals surface area (Å²) < 4.78 is 0. The molecule has 1 aromatic carbocycles. The predicted molar refractivity (Wildman–Crippen MR) is 76.4 cm³/mol. The van der Waals surface area contributed by atoms with Crippen LogP contribution in [-0.2, 0) is 0 Å². The van der Waals surface area contributed by atoms with Gasteiger partial charge in [-0.15, -0.1) is 0 Å². The van der Waals surface area contributed by atoms with Crippen LogP contribution in [0.1, 0.15) is 24.2 Å². The van der Waals surface area contributed by atoms with Gasteiger partial charge in [-0.25, -0.2) is 9.59 Å². The Kier molecular flexibility index (Phi) is 5.79. The number of aliphatic hydroxyl groups excluding tert-OH is 1. The number of urea groups is 1. The van der Waals surface area contributed by atoms with Crippen molar-refractivity contribution >= 4 is 29.3 Å². The molecule has 0 radical (unpaired) electrons. The maximum absolute atomic E-state index is 12.0. The Morgan fingerprint density at radius 2 is 2.05 bits per heavy atom. The highest BCUT2D eigenvalue weighted by atomic mass is 35.5. The average Bonchev–Trinajstić information content (AvgIpc) is 2.34. The molecule has 7 heteroatoms. The molecule has 2 amide bonds. The molecular weight excluding hydrogens is 284 g/mol. The summed E-state index contributed by atoms with van der Waals surface area (Å²) in [4.78, 5) is 24.3. The molecule has 20 heavy (non-hydrogen) atoms. The van der Waals surface area contributed by atoms with Crippen LogP contribution in [0.15, 0.2) is 18.2 Å². The van der Waals surface area contributed by atoms with E-state index >= 15 is 0 Å². The number of carbonyl (C=O) groups is 2. The summed E-state index contributed by atoms with van der Waals surface area (Å²) >= 11 is 5.83. The van der Waals surface area contributed by atoms with Gasteiger partial charge in [0.1, 0.15) is 0 Å². The lowest BCUT2D eigenvalue weighted by molar-refractivity contribution is 0.0697. The first-order valence-electron chi connectivity index (χ1n) is 6.08. The molecule has 0 saturated heterocycles. The fraction of sp³-hybridized carbons (Fsp3) is 0.385. The molecule has 6 nitrogen and oxygen atoms in total. The van der Waals surface area contributed by atoms with Crippen LogP contribution in [0.5, 0.6) is 0 Å². The Morgan fingerprint density at radius 1 is 1.40 bits per heavy atom. The number of carbonyl (C=O) groups excluding carboxylic acids is 1. The van der Waals surface area contributed by atoms with Gasteiger partial charge < -0.3 is 20.4 Å². The normalized spacial score (nSPS) is 10.4. The zero-order valence-electron chi connectivity index (χ0n) is 11.3. The number of hydrogen-bond acceptors (Lipinski definition) is 3. The molecule has 0 atom stereocenters. The van der Waals surface area contributed by atoms with Crippen molar-refractivity contribution in [1.29, 1.82) is 0 Å². The number of anilines is 1. The van der Waals surface area contributed by atoms with Crippen LogP contribution in [0.4, 0.5) is 10.5 Å². The quantitative estimate of drug-likeness (QED) is 0.778. The lowest BCUT2D eigenvalue weighted by atomic mass is 10.2. The van der Waals surface area contributed by atoms with Gasteiger partial charge in [-0.1, -0.05) is 11.6 Å². The predicted octanol–water partition coefficient (Wildman–Crippen LogP) is 2.27. The molecule has 3 N–H and O–H groups in total. The van der Waals surface area contributed by atoms with Gasteiger partial charge >= 0.3 is 12.0 Å². The molecule has 0 unspecified atom stereocenters. The molecule has 1 aromatic rings. The van der Waals surface area contributed by atoms with E-state index in [2.05, 4.69) is 5.32 Å². The summed E-state index contributed by atoms with van der Waals surface area (Å²) in [6.45, 7) is 3.74. The van der Waals surface area contributed by atoms with Crippen LogP contribution in [0.2, 0.25) is 5.02 Å². The van der Waals surface area contributed by atoms with Crippen molar-refractivity contribution in [3.05, 3.63) is 28.8 Å². The first-order chi connectivity index (χ1) is 9.36. The average molecular weight is 301 g/mol. The van der Waals surface area contributed by atoms with Gasteiger partial charge in [-0.2, -0.15) is 0 Å². The Labute approximate surface area is 122 Å². The molecule has 0 aromatic heterocycles. The number of aromatic carboxylic acids is 1. The summed E-state index contributed by atoms with van der Waals surface area (Å²) in [5.74, 6) is -1.13. The number of rotatable bonds is 5. The number of halogens is 1. The monoisotopic (exact) mass is 300 g/mol. The van der Waals surface area contributed by atoms with Gasteiger partial charge in [0.25, 0.3) is 0 Å². The van der Waals surface area contributed by atoms with E-state index in [1.165, 1.54) is 23.1 Å². The first-order valence-corrected chi connectivity index (χ1v) is 6.46. The van der Waals surface area contributed by atoms with Crippen LogP contribution in [-0.4, -0.2) is 46.3 Å². The number of hydrogen-bond donors (Lipinski definition) is 3. The fourth-order valence-electron chi connectivity index (χ4n) is 1.66. The highest BCUT2D eigenvalue weighted by Crippen LogP contribution is 2.21. The zero-order valence-corrected chi connectivity index (χ0v) is 12.0. The Hall–Kier alpha value is -1.79. The molecule has 0 heterocycles. The van der Waals surface area contributed by atoms with Gasteiger partial charge in [-0.05, 0) is 32.0 Å². The number of nitrogens with zero attached hydrogens (tertiary/aromatic N) is 1. The summed E-state index contributed by atoms with van der Waals surface area (Å²) in [6, 6.07) is 3.71. The minimum atomic E-state index is -1.13. The van der Waals surface area contributed by atoms with Gasteiger partial charge in [0, 0.05) is 18.3 Å². The van der Waals surface area contributed by atoms with Crippen LogP contribution in [0.3, 0.4) is 0 Å². The van der Waals surface area contributed by atoms with Crippen molar-refractivity contribution < 1.29 is 19.8 Å². The van der Waals surface area contributed by atoms with E-state index in [1.807, 2.05) is 13.8 Å². The molecular formula is C13H17ClN2O4. The molecule has 110 valence electrons. The van der Waals surface area contributed by atoms with Crippen molar-refractivity contribution in [1.82, 2.24) is 4.90 Å². The molecule has 0 saturated carbocycles. The van der Waals surface area contributed by atoms with E-state index in [4.69, 9.17) is 21.8 Å². The van der Waals surface area contributed by atoms with Crippen molar-refractivity contribution in [2.45, 2.75) is 19.9 Å². The molecule has 0 aliphatic carbocycles. The number of carboxylic acid groups (broad SMARTS) is 1. The second-order valence-electron chi connectivity index (χ2n) is 4.44. The minimum Gasteiger partial charge on any atom is -0.478 e. The largest absolute Gasteiger partial charge is 0.478 e. The number of benzene rings is 1. The second kappa shape index (κ2) is 7.12. The van der Waals surface area contributed by atoms with E-state index in [0.717, 1.165) is 0 Å². The Bertz CT molecular complexity index is 505. The molecule has 0 spiro atoms. The van der Waals surface area contributed by atoms with Gasteiger partial charge in [0.15, 0.2) is 0 Å². The van der Waals surface area contributed by atoms with Crippen molar-refractivity contribution in [3.8, 4) is 0 Å². The highest BCUT2D eigenvalue weighted by Gasteiger charge is 2.17. The molecule has 0 aliphatic heterocycles. The zero-order chi connectivity index (χ0) is 15.3. The lowest BCUT2D eigenvalue weighted by Gasteiger charge is -2.26. The molecule has 1 rings (SSSR count).